The Kier molecular flexibility index (Phi) is 4.30. The summed E-state index contributed by atoms with van der Waals surface area (Å²) in [5.74, 6) is -0.706. The zero-order chi connectivity index (χ0) is 15.7. The molecule has 0 unspecified atom stereocenters. The molecule has 1 heterocycles. The number of nitrogens with zero attached hydrogens (tertiary/aromatic N) is 2. The van der Waals surface area contributed by atoms with Crippen molar-refractivity contribution in [2.24, 2.45) is 0 Å². The highest BCUT2D eigenvalue weighted by atomic mass is 127. The number of benzene rings is 1. The first-order valence-electron chi connectivity index (χ1n) is 5.42. The Balaban J connectivity index is 3.01. The molecule has 0 fully saturated rings. The van der Waals surface area contributed by atoms with Crippen molar-refractivity contribution in [1.29, 1.82) is 10.5 Å². The lowest BCUT2D eigenvalue weighted by Crippen LogP contribution is -2.16. The second-order valence-electron chi connectivity index (χ2n) is 3.94. The number of nitrogens with two attached hydrogens (primary N) is 1. The summed E-state index contributed by atoms with van der Waals surface area (Å²) in [7, 11) is 0. The van der Waals surface area contributed by atoms with Crippen molar-refractivity contribution < 1.29 is 4.39 Å². The Labute approximate surface area is 140 Å². The Morgan fingerprint density at radius 2 is 1.90 bits per heavy atom. The van der Waals surface area contributed by atoms with Gasteiger partial charge in [-0.15, -0.1) is 0 Å². The van der Waals surface area contributed by atoms with Crippen LogP contribution < -0.4 is 11.3 Å². The maximum absolute atomic E-state index is 14.0. The molecule has 8 heteroatoms. The molecular formula is C13H5BrFIN4O. The summed E-state index contributed by atoms with van der Waals surface area (Å²) in [6.45, 7) is 0. The van der Waals surface area contributed by atoms with Crippen LogP contribution in [0.25, 0.3) is 11.1 Å². The van der Waals surface area contributed by atoms with E-state index in [0.717, 1.165) is 0 Å². The molecule has 104 valence electrons. The third kappa shape index (κ3) is 2.52. The van der Waals surface area contributed by atoms with E-state index in [2.05, 4.69) is 20.9 Å². The van der Waals surface area contributed by atoms with Crippen LogP contribution in [0.4, 0.5) is 10.2 Å². The van der Waals surface area contributed by atoms with E-state index in [-0.39, 0.29) is 32.5 Å². The van der Waals surface area contributed by atoms with E-state index in [1.165, 1.54) is 12.1 Å². The Hall–Kier alpha value is -1.91. The van der Waals surface area contributed by atoms with Crippen LogP contribution in [-0.2, 0) is 0 Å². The molecule has 21 heavy (non-hydrogen) atoms. The molecule has 0 aliphatic rings. The highest BCUT2D eigenvalue weighted by Crippen LogP contribution is 2.36. The molecule has 0 atom stereocenters. The molecule has 1 aromatic heterocycles. The van der Waals surface area contributed by atoms with Gasteiger partial charge in [0, 0.05) is 14.7 Å². The lowest BCUT2D eigenvalue weighted by atomic mass is 9.96. The molecule has 1 aromatic carbocycles. The quantitative estimate of drug-likeness (QED) is 0.506. The molecule has 2 aromatic rings. The van der Waals surface area contributed by atoms with Gasteiger partial charge in [0.05, 0.1) is 4.47 Å². The maximum atomic E-state index is 14.0. The number of aromatic amines is 1. The minimum atomic E-state index is -0.727. The molecule has 0 bridgehead atoms. The van der Waals surface area contributed by atoms with E-state index >= 15 is 0 Å². The predicted octanol–water partition coefficient (Wildman–Crippen LogP) is 2.87. The van der Waals surface area contributed by atoms with Gasteiger partial charge in [-0.2, -0.15) is 10.5 Å². The second-order valence-corrected chi connectivity index (χ2v) is 5.89. The van der Waals surface area contributed by atoms with Crippen LogP contribution in [-0.4, -0.2) is 4.98 Å². The number of hydrogen-bond donors (Lipinski definition) is 2. The minimum Gasteiger partial charge on any atom is -0.384 e. The lowest BCUT2D eigenvalue weighted by molar-refractivity contribution is 0.614. The number of hydrogen-bond acceptors (Lipinski definition) is 4. The first-order valence-corrected chi connectivity index (χ1v) is 7.29. The fourth-order valence-electron chi connectivity index (χ4n) is 1.83. The summed E-state index contributed by atoms with van der Waals surface area (Å²) in [6, 6.07) is 6.56. The molecule has 2 rings (SSSR count). The summed E-state index contributed by atoms with van der Waals surface area (Å²) in [6.07, 6.45) is 0. The SMILES string of the molecule is N#Cc1c(N)[nH]c(=O)c(C#N)c1-c1ccc(I)c(F)c1Br. The highest BCUT2D eigenvalue weighted by molar-refractivity contribution is 14.1. The molecule has 0 saturated carbocycles. The van der Waals surface area contributed by atoms with Crippen molar-refractivity contribution >= 4 is 44.3 Å². The van der Waals surface area contributed by atoms with Gasteiger partial charge in [0.25, 0.3) is 5.56 Å². The molecule has 3 N–H and O–H groups in total. The van der Waals surface area contributed by atoms with E-state index in [9.17, 15) is 14.4 Å². The second kappa shape index (κ2) is 5.84. The van der Waals surface area contributed by atoms with Gasteiger partial charge in [-0.25, -0.2) is 4.39 Å². The molecule has 0 radical (unpaired) electrons. The largest absolute Gasteiger partial charge is 0.384 e. The maximum Gasteiger partial charge on any atom is 0.268 e. The number of nitrogen functional groups attached to an aromatic ring is 1. The zero-order valence-corrected chi connectivity index (χ0v) is 13.9. The highest BCUT2D eigenvalue weighted by Gasteiger charge is 2.21. The lowest BCUT2D eigenvalue weighted by Gasteiger charge is -2.11. The number of aromatic nitrogens is 1. The molecule has 0 saturated heterocycles. The van der Waals surface area contributed by atoms with Crippen molar-refractivity contribution in [3.63, 3.8) is 0 Å². The normalized spacial score (nSPS) is 9.95. The fourth-order valence-corrected chi connectivity index (χ4v) is 3.20. The first-order chi connectivity index (χ1) is 9.92. The topological polar surface area (TPSA) is 106 Å². The Morgan fingerprint density at radius 1 is 1.29 bits per heavy atom. The van der Waals surface area contributed by atoms with E-state index in [1.807, 2.05) is 28.7 Å². The summed E-state index contributed by atoms with van der Waals surface area (Å²) in [5.41, 5.74) is 4.76. The van der Waals surface area contributed by atoms with Crippen molar-refractivity contribution in [3.8, 4) is 23.3 Å². The third-order valence-electron chi connectivity index (χ3n) is 2.77. The van der Waals surface area contributed by atoms with Crippen LogP contribution in [0.2, 0.25) is 0 Å². The van der Waals surface area contributed by atoms with Gasteiger partial charge in [-0.3, -0.25) is 4.79 Å². The van der Waals surface area contributed by atoms with Gasteiger partial charge in [-0.1, -0.05) is 6.07 Å². The average molecular weight is 459 g/mol. The van der Waals surface area contributed by atoms with Crippen LogP contribution in [0.15, 0.2) is 21.4 Å². The van der Waals surface area contributed by atoms with E-state index in [1.54, 1.807) is 6.07 Å². The van der Waals surface area contributed by atoms with Crippen LogP contribution in [0, 0.1) is 32.0 Å². The van der Waals surface area contributed by atoms with Crippen LogP contribution in [0.1, 0.15) is 11.1 Å². The van der Waals surface area contributed by atoms with Crippen LogP contribution in [0.3, 0.4) is 0 Å². The van der Waals surface area contributed by atoms with E-state index < -0.39 is 11.4 Å². The smallest absolute Gasteiger partial charge is 0.268 e. The number of H-pyrrole nitrogens is 1. The number of anilines is 1. The van der Waals surface area contributed by atoms with Crippen LogP contribution in [0.5, 0.6) is 0 Å². The van der Waals surface area contributed by atoms with Gasteiger partial charge in [0.2, 0.25) is 0 Å². The van der Waals surface area contributed by atoms with Crippen molar-refractivity contribution in [2.75, 3.05) is 5.73 Å². The van der Waals surface area contributed by atoms with E-state index in [0.29, 0.717) is 3.57 Å². The zero-order valence-electron chi connectivity index (χ0n) is 10.2. The average Bonchev–Trinajstić information content (AvgIpc) is 2.44. The van der Waals surface area contributed by atoms with Crippen molar-refractivity contribution in [1.82, 2.24) is 4.98 Å². The Morgan fingerprint density at radius 3 is 2.48 bits per heavy atom. The predicted molar refractivity (Wildman–Crippen MR) is 86.7 cm³/mol. The summed E-state index contributed by atoms with van der Waals surface area (Å²) >= 11 is 4.90. The fraction of sp³-hybridized carbons (Fsp3) is 0. The van der Waals surface area contributed by atoms with Gasteiger partial charge >= 0.3 is 0 Å². The molecule has 0 spiro atoms. The summed E-state index contributed by atoms with van der Waals surface area (Å²) in [5, 5.41) is 18.4. The van der Waals surface area contributed by atoms with Gasteiger partial charge in [-0.05, 0) is 44.6 Å². The van der Waals surface area contributed by atoms with Crippen LogP contribution >= 0.6 is 38.5 Å². The van der Waals surface area contributed by atoms with Gasteiger partial charge < -0.3 is 10.7 Å². The van der Waals surface area contributed by atoms with E-state index in [4.69, 9.17) is 11.0 Å². The third-order valence-corrected chi connectivity index (χ3v) is 4.38. The molecule has 0 aliphatic carbocycles. The minimum absolute atomic E-state index is 0.0171. The number of nitriles is 2. The van der Waals surface area contributed by atoms with Crippen molar-refractivity contribution in [2.45, 2.75) is 0 Å². The number of pyridine rings is 1. The number of rotatable bonds is 1. The van der Waals surface area contributed by atoms with Crippen molar-refractivity contribution in [3.05, 3.63) is 47.5 Å². The monoisotopic (exact) mass is 458 g/mol. The standard InChI is InChI=1S/C13H5BrFIN4O/c14-10-5(1-2-8(16)11(10)15)9-6(3-17)12(19)20-13(21)7(9)4-18/h1-2H,(H3,19,20,21). The molecular weight excluding hydrogens is 454 g/mol. The number of nitrogens with one attached hydrogen (secondary N) is 1. The molecule has 5 nitrogen and oxygen atoms in total. The number of halogens is 3. The first kappa shape index (κ1) is 15.5. The summed E-state index contributed by atoms with van der Waals surface area (Å²) in [4.78, 5) is 14.1. The van der Waals surface area contributed by atoms with Gasteiger partial charge in [0.15, 0.2) is 5.82 Å². The molecule has 0 amide bonds. The van der Waals surface area contributed by atoms with Gasteiger partial charge in [0.1, 0.15) is 29.1 Å². The molecule has 0 aliphatic heterocycles. The summed E-state index contributed by atoms with van der Waals surface area (Å²) < 4.78 is 14.4. The Bertz CT molecular complexity index is 895.